The summed E-state index contributed by atoms with van der Waals surface area (Å²) in [6.45, 7) is 14.9. The van der Waals surface area contributed by atoms with Crippen LogP contribution in [0, 0.1) is 17.8 Å². The van der Waals surface area contributed by atoms with Gasteiger partial charge in [-0.15, -0.1) is 0 Å². The lowest BCUT2D eigenvalue weighted by Crippen LogP contribution is -2.45. The van der Waals surface area contributed by atoms with E-state index >= 15 is 0 Å². The molecule has 0 spiro atoms. The van der Waals surface area contributed by atoms with Gasteiger partial charge in [0.15, 0.2) is 14.9 Å². The van der Waals surface area contributed by atoms with Gasteiger partial charge in [0, 0.05) is 6.10 Å². The fourth-order valence-corrected chi connectivity index (χ4v) is 10.3. The zero-order valence-electron chi connectivity index (χ0n) is 39.1. The second-order valence-corrected chi connectivity index (χ2v) is 23.9. The van der Waals surface area contributed by atoms with Crippen molar-refractivity contribution in [1.82, 2.24) is 0 Å². The minimum absolute atomic E-state index is 0.0500. The van der Waals surface area contributed by atoms with Crippen molar-refractivity contribution in [3.63, 3.8) is 0 Å². The third kappa shape index (κ3) is 14.6. The van der Waals surface area contributed by atoms with E-state index in [2.05, 4.69) is 52.9 Å². The molecule has 1 fully saturated rings. The number of carbonyl (C=O) groups excluding carboxylic acids is 2. The summed E-state index contributed by atoms with van der Waals surface area (Å²) in [5, 5.41) is 0.0901. The van der Waals surface area contributed by atoms with Crippen LogP contribution in [-0.2, 0) is 70.4 Å². The summed E-state index contributed by atoms with van der Waals surface area (Å²) in [5.74, 6) is 1.15. The van der Waals surface area contributed by atoms with Crippen molar-refractivity contribution in [2.75, 3.05) is 19.8 Å². The third-order valence-electron chi connectivity index (χ3n) is 13.5. The molecule has 346 valence electrons. The van der Waals surface area contributed by atoms with Crippen LogP contribution >= 0.6 is 0 Å². The maximum absolute atomic E-state index is 13.3. The van der Waals surface area contributed by atoms with E-state index < -0.39 is 20.6 Å². The highest BCUT2D eigenvalue weighted by Gasteiger charge is 2.49. The number of unbranched alkanes of at least 4 members (excludes halogenated alkanes) is 2. The molecule has 1 saturated carbocycles. The van der Waals surface area contributed by atoms with Crippen molar-refractivity contribution in [2.24, 2.45) is 17.8 Å². The predicted molar refractivity (Wildman–Crippen MR) is 253 cm³/mol. The molecule has 4 aromatic carbocycles. The Morgan fingerprint density at radius 2 is 1.33 bits per heavy atom. The smallest absolute Gasteiger partial charge is 0.363 e. The summed E-state index contributed by atoms with van der Waals surface area (Å²) in [4.78, 5) is 26.0. The number of hydrogen-bond acceptors (Lipinski definition) is 9. The Kier molecular flexibility index (Phi) is 18.6. The molecule has 2 aliphatic rings. The number of hydrogen-bond donors (Lipinski definition) is 0. The first-order valence-electron chi connectivity index (χ1n) is 23.6. The van der Waals surface area contributed by atoms with Crippen molar-refractivity contribution >= 4 is 20.3 Å². The minimum Gasteiger partial charge on any atom is -0.482 e. The number of esters is 2. The van der Waals surface area contributed by atoms with Gasteiger partial charge in [-0.2, -0.15) is 0 Å². The van der Waals surface area contributed by atoms with Gasteiger partial charge in [-0.3, -0.25) is 0 Å². The van der Waals surface area contributed by atoms with Crippen LogP contribution in [0.5, 0.6) is 5.75 Å². The van der Waals surface area contributed by atoms with Gasteiger partial charge in [0.05, 0.1) is 25.9 Å². The lowest BCUT2D eigenvalue weighted by atomic mass is 9.73. The fraction of sp³-hybridized carbons (Fsp3) is 0.519. The predicted octanol–water partition coefficient (Wildman–Crippen LogP) is 11.6. The van der Waals surface area contributed by atoms with E-state index in [1.807, 2.05) is 97.1 Å². The third-order valence-corrected chi connectivity index (χ3v) is 18.0. The topological polar surface area (TPSA) is 98.8 Å². The highest BCUT2D eigenvalue weighted by atomic mass is 28.4. The van der Waals surface area contributed by atoms with Crippen molar-refractivity contribution in [3.8, 4) is 5.75 Å². The summed E-state index contributed by atoms with van der Waals surface area (Å²) in [7, 11) is -2.08. The lowest BCUT2D eigenvalue weighted by molar-refractivity contribution is -0.202. The first-order valence-corrected chi connectivity index (χ1v) is 26.5. The summed E-state index contributed by atoms with van der Waals surface area (Å²) in [6, 6.07) is 35.3. The molecule has 0 saturated heterocycles. The molecule has 0 radical (unpaired) electrons. The van der Waals surface area contributed by atoms with Crippen LogP contribution in [0.2, 0.25) is 18.1 Å². The van der Waals surface area contributed by atoms with Gasteiger partial charge in [0.2, 0.25) is 0 Å². The van der Waals surface area contributed by atoms with Crippen molar-refractivity contribution < 1.29 is 42.4 Å². The van der Waals surface area contributed by atoms with Gasteiger partial charge in [-0.1, -0.05) is 150 Å². The average molecular weight is 893 g/mol. The Morgan fingerprint density at radius 3 is 1.97 bits per heavy atom. The average Bonchev–Trinajstić information content (AvgIpc) is 3.62. The fourth-order valence-electron chi connectivity index (χ4n) is 8.93. The first-order chi connectivity index (χ1) is 30.9. The molecular formula is C54H72O9Si. The maximum atomic E-state index is 13.3. The van der Waals surface area contributed by atoms with E-state index in [1.54, 1.807) is 0 Å². The summed E-state index contributed by atoms with van der Waals surface area (Å²) in [6.07, 6.45) is 8.16. The lowest BCUT2D eigenvalue weighted by Gasteiger charge is -2.40. The Balaban J connectivity index is 1.09. The summed E-state index contributed by atoms with van der Waals surface area (Å²) >= 11 is 0. The van der Waals surface area contributed by atoms with E-state index in [9.17, 15) is 9.59 Å². The Hall–Kier alpha value is -4.32. The molecule has 2 aliphatic carbocycles. The van der Waals surface area contributed by atoms with Crippen LogP contribution in [0.15, 0.2) is 109 Å². The molecule has 9 nitrogen and oxygen atoms in total. The molecule has 0 heterocycles. The standard InChI is InChI=1S/C54H72O9Si/c1-7-8-12-27-45(57-31-32-58-53(62-38-42-24-17-11-18-25-42)52(56)61-37-41-22-15-10-16-23-41)29-30-46-47-33-43-26-19-28-49(59-39-51(55)60-36-40-20-13-9-14-21-40)48(43)34-44(47)35-50(46)63-64(5,6)54(2,3)4/h9-11,13-26,28,44-47,50,53H,7-8,12,27,29-39H2,1-6H3/t44-,45-,46+,47-,50?,53?/m0/s1. The number of carbonyl (C=O) groups is 2. The van der Waals surface area contributed by atoms with Crippen LogP contribution < -0.4 is 4.74 Å². The zero-order chi connectivity index (χ0) is 45.4. The van der Waals surface area contributed by atoms with Crippen LogP contribution in [0.4, 0.5) is 0 Å². The van der Waals surface area contributed by atoms with Crippen LogP contribution in [0.3, 0.4) is 0 Å². The summed E-state index contributed by atoms with van der Waals surface area (Å²) in [5.41, 5.74) is 5.29. The molecule has 64 heavy (non-hydrogen) atoms. The van der Waals surface area contributed by atoms with Crippen molar-refractivity contribution in [1.29, 1.82) is 0 Å². The molecule has 4 aromatic rings. The second kappa shape index (κ2) is 24.3. The van der Waals surface area contributed by atoms with E-state index in [1.165, 1.54) is 11.1 Å². The Bertz CT molecular complexity index is 2000. The van der Waals surface area contributed by atoms with Gasteiger partial charge in [0.25, 0.3) is 6.29 Å². The normalized spacial score (nSPS) is 19.3. The van der Waals surface area contributed by atoms with Crippen LogP contribution in [-0.4, -0.2) is 58.6 Å². The molecule has 0 aliphatic heterocycles. The molecule has 2 unspecified atom stereocenters. The molecule has 0 aromatic heterocycles. The van der Waals surface area contributed by atoms with E-state index in [0.29, 0.717) is 24.4 Å². The zero-order valence-corrected chi connectivity index (χ0v) is 40.1. The molecule has 0 amide bonds. The molecule has 10 heteroatoms. The molecule has 6 atom stereocenters. The molecule has 6 rings (SSSR count). The molecular weight excluding hydrogens is 821 g/mol. The number of ether oxygens (including phenoxy) is 6. The van der Waals surface area contributed by atoms with Crippen molar-refractivity contribution in [3.05, 3.63) is 137 Å². The Morgan fingerprint density at radius 1 is 0.703 bits per heavy atom. The maximum Gasteiger partial charge on any atom is 0.363 e. The number of rotatable bonds is 25. The van der Waals surface area contributed by atoms with Gasteiger partial charge < -0.3 is 32.8 Å². The number of fused-ring (bicyclic) bond motifs is 2. The quantitative estimate of drug-likeness (QED) is 0.0279. The SMILES string of the molecule is CCCCC[C@@H](CC[C@H]1C(O[Si](C)(C)C(C)(C)C)C[C@@H]2Cc3c(cccc3OCC(=O)OCc3ccccc3)C[C@@H]21)OCCOC(OCc1ccccc1)C(=O)OCc1ccccc1. The van der Waals surface area contributed by atoms with E-state index in [0.717, 1.165) is 80.2 Å². The van der Waals surface area contributed by atoms with Crippen LogP contribution in [0.25, 0.3) is 0 Å². The van der Waals surface area contributed by atoms with Gasteiger partial charge in [0.1, 0.15) is 19.0 Å². The van der Waals surface area contributed by atoms with Gasteiger partial charge in [-0.05, 0) is 108 Å². The second-order valence-electron chi connectivity index (χ2n) is 19.1. The van der Waals surface area contributed by atoms with E-state index in [-0.39, 0.29) is 56.2 Å². The highest BCUT2D eigenvalue weighted by Crippen LogP contribution is 2.51. The van der Waals surface area contributed by atoms with Gasteiger partial charge in [-0.25, -0.2) is 9.59 Å². The van der Waals surface area contributed by atoms with Gasteiger partial charge >= 0.3 is 11.9 Å². The Labute approximate surface area is 383 Å². The van der Waals surface area contributed by atoms with Crippen molar-refractivity contribution in [2.45, 2.75) is 142 Å². The molecule has 0 bridgehead atoms. The monoisotopic (exact) mass is 892 g/mol. The number of benzene rings is 4. The highest BCUT2D eigenvalue weighted by molar-refractivity contribution is 6.74. The van der Waals surface area contributed by atoms with E-state index in [4.69, 9.17) is 32.8 Å². The minimum atomic E-state index is -2.08. The summed E-state index contributed by atoms with van der Waals surface area (Å²) < 4.78 is 43.4. The van der Waals surface area contributed by atoms with Crippen LogP contribution in [0.1, 0.15) is 100 Å². The first kappa shape index (κ1) is 49.1. The largest absolute Gasteiger partial charge is 0.482 e. The molecule has 0 N–H and O–H groups in total.